The third kappa shape index (κ3) is 4.13. The molecule has 0 spiro atoms. The maximum Gasteiger partial charge on any atom is 0.336 e. The Morgan fingerprint density at radius 1 is 1.13 bits per heavy atom. The summed E-state index contributed by atoms with van der Waals surface area (Å²) in [4.78, 5) is 11.6. The van der Waals surface area contributed by atoms with Crippen molar-refractivity contribution < 1.29 is 19.7 Å². The minimum Gasteiger partial charge on any atom is -0.504 e. The normalized spacial score (nSPS) is 11.3. The molecule has 0 heterocycles. The van der Waals surface area contributed by atoms with Crippen molar-refractivity contribution in [3.05, 3.63) is 59.2 Å². The van der Waals surface area contributed by atoms with Crippen LogP contribution < -0.4 is 4.74 Å². The highest BCUT2D eigenvalue weighted by molar-refractivity contribution is 6.20. The van der Waals surface area contributed by atoms with Crippen molar-refractivity contribution in [1.82, 2.24) is 0 Å². The molecular weight excluding hydrogens is 292 g/mol. The molecule has 0 atom stereocenters. The van der Waals surface area contributed by atoms with E-state index in [1.54, 1.807) is 18.2 Å². The Hall–Kier alpha value is -2.75. The number of ether oxygens (including phenoxy) is 1. The van der Waals surface area contributed by atoms with Crippen molar-refractivity contribution in [3.63, 3.8) is 0 Å². The van der Waals surface area contributed by atoms with Crippen molar-refractivity contribution >= 4 is 17.6 Å². The minimum atomic E-state index is -1.000. The van der Waals surface area contributed by atoms with Crippen molar-refractivity contribution in [2.45, 2.75) is 20.3 Å². The lowest BCUT2D eigenvalue weighted by atomic mass is 10.0. The minimum absolute atomic E-state index is 0.0353. The number of carbonyl (C=O) groups is 1. The lowest BCUT2D eigenvalue weighted by Gasteiger charge is -2.08. The maximum atomic E-state index is 11.6. The molecule has 0 aliphatic heterocycles. The van der Waals surface area contributed by atoms with Crippen LogP contribution in [0.15, 0.2) is 42.5 Å². The molecule has 2 aromatic carbocycles. The lowest BCUT2D eigenvalue weighted by molar-refractivity contribution is -0.130. The summed E-state index contributed by atoms with van der Waals surface area (Å²) in [6, 6.07) is 12.2. The number of aliphatic carboxylic acids is 1. The van der Waals surface area contributed by atoms with Crippen LogP contribution in [0.1, 0.15) is 30.5 Å². The third-order valence-corrected chi connectivity index (χ3v) is 3.50. The summed E-state index contributed by atoms with van der Waals surface area (Å²) in [7, 11) is 0. The SMILES string of the molecule is CCOc1cc(/C=C(\C(=O)O)c2ccc(CC)cc2)ccc1O. The molecular formula is C19H20O4. The molecule has 0 bridgehead atoms. The van der Waals surface area contributed by atoms with Crippen LogP contribution in [-0.4, -0.2) is 22.8 Å². The fourth-order valence-corrected chi connectivity index (χ4v) is 2.25. The van der Waals surface area contributed by atoms with Crippen molar-refractivity contribution in [2.24, 2.45) is 0 Å². The van der Waals surface area contributed by atoms with Crippen LogP contribution in [0, 0.1) is 0 Å². The Morgan fingerprint density at radius 3 is 2.39 bits per heavy atom. The summed E-state index contributed by atoms with van der Waals surface area (Å²) in [5.41, 5.74) is 2.64. The lowest BCUT2D eigenvalue weighted by Crippen LogP contribution is -2.00. The molecule has 0 radical (unpaired) electrons. The molecule has 2 aromatic rings. The van der Waals surface area contributed by atoms with E-state index in [1.807, 2.05) is 31.2 Å². The molecule has 0 aliphatic rings. The Balaban J connectivity index is 2.42. The van der Waals surface area contributed by atoms with Crippen molar-refractivity contribution in [3.8, 4) is 11.5 Å². The van der Waals surface area contributed by atoms with Gasteiger partial charge in [-0.2, -0.15) is 0 Å². The Kier molecular flexibility index (Phi) is 5.41. The third-order valence-electron chi connectivity index (χ3n) is 3.50. The second-order valence-electron chi connectivity index (χ2n) is 5.07. The topological polar surface area (TPSA) is 66.8 Å². The maximum absolute atomic E-state index is 11.6. The average molecular weight is 312 g/mol. The molecule has 2 N–H and O–H groups in total. The van der Waals surface area contributed by atoms with E-state index in [0.29, 0.717) is 23.5 Å². The number of hydrogen-bond acceptors (Lipinski definition) is 3. The highest BCUT2D eigenvalue weighted by Gasteiger charge is 2.11. The molecule has 0 saturated heterocycles. The number of hydrogen-bond donors (Lipinski definition) is 2. The van der Waals surface area contributed by atoms with Crippen molar-refractivity contribution in [1.29, 1.82) is 0 Å². The zero-order valence-corrected chi connectivity index (χ0v) is 13.2. The standard InChI is InChI=1S/C19H20O4/c1-3-13-5-8-15(9-6-13)16(19(21)22)11-14-7-10-17(20)18(12-14)23-4-2/h5-12,20H,3-4H2,1-2H3,(H,21,22)/b16-11-. The van der Waals surface area contributed by atoms with Crippen LogP contribution in [0.4, 0.5) is 0 Å². The average Bonchev–Trinajstić information content (AvgIpc) is 2.55. The van der Waals surface area contributed by atoms with Gasteiger partial charge in [0.15, 0.2) is 11.5 Å². The summed E-state index contributed by atoms with van der Waals surface area (Å²) in [5.74, 6) is -0.624. The van der Waals surface area contributed by atoms with Crippen LogP contribution in [0.2, 0.25) is 0 Å². The van der Waals surface area contributed by atoms with E-state index in [4.69, 9.17) is 4.74 Å². The molecule has 120 valence electrons. The molecule has 0 fully saturated rings. The molecule has 0 aromatic heterocycles. The van der Waals surface area contributed by atoms with Gasteiger partial charge in [-0.1, -0.05) is 37.3 Å². The zero-order chi connectivity index (χ0) is 16.8. The van der Waals surface area contributed by atoms with E-state index in [1.165, 1.54) is 6.07 Å². The molecule has 23 heavy (non-hydrogen) atoms. The van der Waals surface area contributed by atoms with Crippen LogP contribution in [-0.2, 0) is 11.2 Å². The summed E-state index contributed by atoms with van der Waals surface area (Å²) in [6.45, 7) is 4.29. The fourth-order valence-electron chi connectivity index (χ4n) is 2.25. The van der Waals surface area contributed by atoms with Gasteiger partial charge >= 0.3 is 5.97 Å². The van der Waals surface area contributed by atoms with Crippen LogP contribution in [0.25, 0.3) is 11.6 Å². The Labute approximate surface area is 135 Å². The van der Waals surface area contributed by atoms with Gasteiger partial charge in [0, 0.05) is 0 Å². The first-order chi connectivity index (χ1) is 11.0. The molecule has 4 heteroatoms. The zero-order valence-electron chi connectivity index (χ0n) is 13.2. The van der Waals surface area contributed by atoms with Crippen LogP contribution in [0.5, 0.6) is 11.5 Å². The van der Waals surface area contributed by atoms with Crippen LogP contribution >= 0.6 is 0 Å². The van der Waals surface area contributed by atoms with Gasteiger partial charge in [-0.05, 0) is 48.2 Å². The monoisotopic (exact) mass is 312 g/mol. The molecule has 0 saturated carbocycles. The number of phenols is 1. The van der Waals surface area contributed by atoms with E-state index in [9.17, 15) is 15.0 Å². The Morgan fingerprint density at radius 2 is 1.83 bits per heavy atom. The molecule has 0 unspecified atom stereocenters. The highest BCUT2D eigenvalue weighted by Crippen LogP contribution is 2.29. The molecule has 0 aliphatic carbocycles. The highest BCUT2D eigenvalue weighted by atomic mass is 16.5. The second kappa shape index (κ2) is 7.49. The number of rotatable bonds is 6. The molecule has 2 rings (SSSR count). The van der Waals surface area contributed by atoms with Crippen LogP contribution in [0.3, 0.4) is 0 Å². The van der Waals surface area contributed by atoms with Gasteiger partial charge < -0.3 is 14.9 Å². The van der Waals surface area contributed by atoms with Gasteiger partial charge in [0.25, 0.3) is 0 Å². The number of phenolic OH excluding ortho intramolecular Hbond substituents is 1. The number of carboxylic acid groups (broad SMARTS) is 1. The first-order valence-electron chi connectivity index (χ1n) is 7.55. The van der Waals surface area contributed by atoms with E-state index >= 15 is 0 Å². The quantitative estimate of drug-likeness (QED) is 0.625. The smallest absolute Gasteiger partial charge is 0.336 e. The van der Waals surface area contributed by atoms with Gasteiger partial charge in [-0.15, -0.1) is 0 Å². The first-order valence-corrected chi connectivity index (χ1v) is 7.55. The Bertz CT molecular complexity index is 715. The van der Waals surface area contributed by atoms with E-state index < -0.39 is 5.97 Å². The fraction of sp³-hybridized carbons (Fsp3) is 0.211. The second-order valence-corrected chi connectivity index (χ2v) is 5.07. The summed E-state index contributed by atoms with van der Waals surface area (Å²) in [5, 5.41) is 19.2. The summed E-state index contributed by atoms with van der Waals surface area (Å²) < 4.78 is 5.33. The van der Waals surface area contributed by atoms with E-state index in [-0.39, 0.29) is 11.3 Å². The summed E-state index contributed by atoms with van der Waals surface area (Å²) in [6.07, 6.45) is 2.48. The van der Waals surface area contributed by atoms with E-state index in [2.05, 4.69) is 6.92 Å². The molecule has 0 amide bonds. The number of aromatic hydroxyl groups is 1. The van der Waals surface area contributed by atoms with Gasteiger partial charge in [0.2, 0.25) is 0 Å². The van der Waals surface area contributed by atoms with Gasteiger partial charge in [-0.3, -0.25) is 0 Å². The number of benzene rings is 2. The largest absolute Gasteiger partial charge is 0.504 e. The van der Waals surface area contributed by atoms with Crippen molar-refractivity contribution in [2.75, 3.05) is 6.61 Å². The number of carboxylic acids is 1. The summed E-state index contributed by atoms with van der Waals surface area (Å²) >= 11 is 0. The van der Waals surface area contributed by atoms with Gasteiger partial charge in [0.1, 0.15) is 0 Å². The van der Waals surface area contributed by atoms with Gasteiger partial charge in [-0.25, -0.2) is 4.79 Å². The van der Waals surface area contributed by atoms with Gasteiger partial charge in [0.05, 0.1) is 12.2 Å². The molecule has 4 nitrogen and oxygen atoms in total. The predicted molar refractivity (Wildman–Crippen MR) is 90.6 cm³/mol. The predicted octanol–water partition coefficient (Wildman–Crippen LogP) is 3.98. The first kappa shape index (κ1) is 16.6. The van der Waals surface area contributed by atoms with E-state index in [0.717, 1.165) is 12.0 Å². The number of aryl methyl sites for hydroxylation is 1.